The van der Waals surface area contributed by atoms with Crippen molar-refractivity contribution in [2.75, 3.05) is 30.9 Å². The number of hydrogen-bond acceptors (Lipinski definition) is 8. The number of hydrogen-bond donors (Lipinski definition) is 2. The Morgan fingerprint density at radius 1 is 0.854 bits per heavy atom. The van der Waals surface area contributed by atoms with Crippen LogP contribution in [0, 0.1) is 0 Å². The maximum atomic E-state index is 13.4. The fourth-order valence-electron chi connectivity index (χ4n) is 4.29. The summed E-state index contributed by atoms with van der Waals surface area (Å²) >= 11 is 19.4. The van der Waals surface area contributed by atoms with Gasteiger partial charge in [0.1, 0.15) is 0 Å². The van der Waals surface area contributed by atoms with Crippen molar-refractivity contribution in [2.24, 2.45) is 0 Å². The van der Waals surface area contributed by atoms with Gasteiger partial charge >= 0.3 is 6.18 Å². The number of carbonyl (C=O) groups excluding carboxylic acids is 2. The van der Waals surface area contributed by atoms with Crippen molar-refractivity contribution in [2.45, 2.75) is 38.6 Å². The Morgan fingerprint density at radius 3 is 2.10 bits per heavy atom. The van der Waals surface area contributed by atoms with E-state index in [1.807, 2.05) is 6.92 Å². The molecule has 1 aromatic heterocycles. The molecule has 4 aromatic rings. The fourth-order valence-corrected chi connectivity index (χ4v) is 5.51. The number of anilines is 1. The van der Waals surface area contributed by atoms with Gasteiger partial charge in [0, 0.05) is 5.56 Å². The summed E-state index contributed by atoms with van der Waals surface area (Å²) in [6, 6.07) is 10.5. The van der Waals surface area contributed by atoms with Gasteiger partial charge in [-0.1, -0.05) is 46.6 Å². The minimum absolute atomic E-state index is 0.0624. The lowest BCUT2D eigenvalue weighted by Crippen LogP contribution is -2.25. The smallest absolute Gasteiger partial charge is 0.416 e. The zero-order valence-corrected chi connectivity index (χ0v) is 28.8. The molecule has 10 nitrogen and oxygen atoms in total. The number of nitrogens with one attached hydrogen (secondary N) is 2. The number of ether oxygens (including phenoxy) is 3. The molecule has 0 radical (unpaired) electrons. The van der Waals surface area contributed by atoms with Crippen LogP contribution in [0.15, 0.2) is 53.7 Å². The molecule has 17 heteroatoms. The molecule has 0 spiro atoms. The Morgan fingerprint density at radius 2 is 1.50 bits per heavy atom. The number of rotatable bonds is 14. The lowest BCUT2D eigenvalue weighted by Gasteiger charge is -2.17. The van der Waals surface area contributed by atoms with Gasteiger partial charge in [0.25, 0.3) is 5.91 Å². The molecular formula is C31H29Cl3F3N5O5S. The summed E-state index contributed by atoms with van der Waals surface area (Å²) in [5.74, 6) is -0.0497. The van der Waals surface area contributed by atoms with Gasteiger partial charge in [-0.3, -0.25) is 14.2 Å². The second kappa shape index (κ2) is 16.5. The molecule has 0 fully saturated rings. The number of benzene rings is 3. The summed E-state index contributed by atoms with van der Waals surface area (Å²) in [6.07, 6.45) is -4.62. The second-order valence-electron chi connectivity index (χ2n) is 9.65. The van der Waals surface area contributed by atoms with E-state index in [1.54, 1.807) is 48.7 Å². The molecule has 2 amide bonds. The van der Waals surface area contributed by atoms with Crippen molar-refractivity contribution in [3.8, 4) is 22.9 Å². The first-order valence-electron chi connectivity index (χ1n) is 14.4. The highest BCUT2D eigenvalue weighted by Gasteiger charge is 2.31. The summed E-state index contributed by atoms with van der Waals surface area (Å²) in [4.78, 5) is 26.1. The van der Waals surface area contributed by atoms with E-state index in [4.69, 9.17) is 49.0 Å². The number of aromatic nitrogens is 3. The number of carbonyl (C=O) groups is 2. The van der Waals surface area contributed by atoms with Crippen LogP contribution in [0.1, 0.15) is 42.5 Å². The molecule has 0 aliphatic carbocycles. The molecular weight excluding hydrogens is 718 g/mol. The Labute approximate surface area is 293 Å². The van der Waals surface area contributed by atoms with Crippen LogP contribution in [-0.4, -0.2) is 52.2 Å². The number of alkyl halides is 3. The van der Waals surface area contributed by atoms with Gasteiger partial charge in [0.05, 0.1) is 64.1 Å². The average Bonchev–Trinajstić information content (AvgIpc) is 3.45. The topological polar surface area (TPSA) is 117 Å². The highest BCUT2D eigenvalue weighted by atomic mass is 35.5. The van der Waals surface area contributed by atoms with Crippen LogP contribution in [0.2, 0.25) is 15.1 Å². The first-order valence-corrected chi connectivity index (χ1v) is 16.5. The van der Waals surface area contributed by atoms with Crippen molar-refractivity contribution in [3.05, 3.63) is 80.6 Å². The molecule has 48 heavy (non-hydrogen) atoms. The third-order valence-electron chi connectivity index (χ3n) is 6.34. The molecule has 0 saturated heterocycles. The molecule has 0 saturated carbocycles. The van der Waals surface area contributed by atoms with Crippen LogP contribution in [0.5, 0.6) is 17.2 Å². The molecule has 4 rings (SSSR count). The zero-order chi connectivity index (χ0) is 35.0. The largest absolute Gasteiger partial charge is 0.490 e. The van der Waals surface area contributed by atoms with Crippen LogP contribution in [0.4, 0.5) is 18.9 Å². The third-order valence-corrected chi connectivity index (χ3v) is 8.34. The molecule has 2 N–H and O–H groups in total. The van der Waals surface area contributed by atoms with E-state index < -0.39 is 23.6 Å². The minimum Gasteiger partial charge on any atom is -0.490 e. The maximum absolute atomic E-state index is 13.4. The monoisotopic (exact) mass is 745 g/mol. The van der Waals surface area contributed by atoms with Gasteiger partial charge in [-0.05, 0) is 69.3 Å². The molecule has 0 atom stereocenters. The van der Waals surface area contributed by atoms with Gasteiger partial charge in [-0.25, -0.2) is 0 Å². The maximum Gasteiger partial charge on any atom is 0.416 e. The predicted octanol–water partition coefficient (Wildman–Crippen LogP) is 8.10. The molecule has 1 heterocycles. The summed E-state index contributed by atoms with van der Waals surface area (Å²) in [5, 5.41) is 14.3. The van der Waals surface area contributed by atoms with E-state index in [9.17, 15) is 22.8 Å². The third kappa shape index (κ3) is 9.19. The number of halogens is 6. The van der Waals surface area contributed by atoms with Crippen LogP contribution in [0.25, 0.3) is 5.69 Å². The fraction of sp³-hybridized carbons (Fsp3) is 0.290. The van der Waals surface area contributed by atoms with E-state index in [2.05, 4.69) is 20.8 Å². The van der Waals surface area contributed by atoms with Crippen molar-refractivity contribution < 1.29 is 37.0 Å². The van der Waals surface area contributed by atoms with E-state index >= 15 is 0 Å². The lowest BCUT2D eigenvalue weighted by atomic mass is 10.1. The van der Waals surface area contributed by atoms with E-state index in [0.29, 0.717) is 47.8 Å². The summed E-state index contributed by atoms with van der Waals surface area (Å²) in [5.41, 5.74) is -0.443. The van der Waals surface area contributed by atoms with Crippen molar-refractivity contribution in [1.29, 1.82) is 0 Å². The number of thioether (sulfide) groups is 1. The summed E-state index contributed by atoms with van der Waals surface area (Å²) < 4.78 is 58.2. The molecule has 0 unspecified atom stereocenters. The van der Waals surface area contributed by atoms with Crippen LogP contribution >= 0.6 is 46.6 Å². The van der Waals surface area contributed by atoms with Gasteiger partial charge in [0.2, 0.25) is 11.7 Å². The zero-order valence-electron chi connectivity index (χ0n) is 25.7. The van der Waals surface area contributed by atoms with Crippen molar-refractivity contribution in [3.63, 3.8) is 0 Å². The minimum atomic E-state index is -4.62. The Balaban J connectivity index is 1.57. The Bertz CT molecular complexity index is 1760. The number of nitrogens with zero attached hydrogens (tertiary/aromatic N) is 3. The SMILES string of the molecule is CCOc1cc(C(=O)NCc2nnc(SCC(=O)Nc3cc(C(F)(F)F)ccc3Cl)n2-c2ccc(Cl)c(Cl)c2)cc(OCC)c1OCC. The highest BCUT2D eigenvalue weighted by molar-refractivity contribution is 7.99. The second-order valence-corrected chi connectivity index (χ2v) is 11.8. The van der Waals surface area contributed by atoms with Crippen molar-refractivity contribution in [1.82, 2.24) is 20.1 Å². The number of amides is 2. The molecule has 3 aromatic carbocycles. The Kier molecular flexibility index (Phi) is 12.7. The lowest BCUT2D eigenvalue weighted by molar-refractivity contribution is -0.137. The van der Waals surface area contributed by atoms with E-state index in [0.717, 1.165) is 30.0 Å². The van der Waals surface area contributed by atoms with Gasteiger partial charge in [-0.15, -0.1) is 10.2 Å². The summed E-state index contributed by atoms with van der Waals surface area (Å²) in [6.45, 7) is 6.33. The standard InChI is InChI=1S/C31H29Cl3F3N5O5S/c1-4-45-24-11-17(12-25(46-5-2)28(24)47-6-3)29(44)38-15-26-40-41-30(42(26)19-8-10-20(32)22(34)14-19)48-16-27(43)39-23-13-18(31(35,36)37)7-9-21(23)33/h7-14H,4-6,15-16H2,1-3H3,(H,38,44)(H,39,43). The normalized spacial score (nSPS) is 11.3. The quantitative estimate of drug-likeness (QED) is 0.124. The van der Waals surface area contributed by atoms with Crippen LogP contribution in [-0.2, 0) is 17.5 Å². The molecule has 0 aliphatic rings. The van der Waals surface area contributed by atoms with Gasteiger partial charge < -0.3 is 24.8 Å². The molecule has 0 bridgehead atoms. The van der Waals surface area contributed by atoms with Crippen LogP contribution in [0.3, 0.4) is 0 Å². The van der Waals surface area contributed by atoms with Gasteiger partial charge in [-0.2, -0.15) is 13.2 Å². The van der Waals surface area contributed by atoms with E-state index in [-0.39, 0.29) is 44.6 Å². The van der Waals surface area contributed by atoms with Crippen LogP contribution < -0.4 is 24.8 Å². The highest BCUT2D eigenvalue weighted by Crippen LogP contribution is 2.39. The average molecular weight is 747 g/mol. The van der Waals surface area contributed by atoms with Gasteiger partial charge in [0.15, 0.2) is 22.5 Å². The molecule has 0 aliphatic heterocycles. The first kappa shape index (κ1) is 37.0. The Hall–Kier alpha value is -3.85. The first-order chi connectivity index (χ1) is 22.9. The van der Waals surface area contributed by atoms with Crippen molar-refractivity contribution >= 4 is 64.1 Å². The predicted molar refractivity (Wildman–Crippen MR) is 178 cm³/mol. The van der Waals surface area contributed by atoms with E-state index in [1.165, 1.54) is 0 Å². The summed E-state index contributed by atoms with van der Waals surface area (Å²) in [7, 11) is 0. The molecule has 256 valence electrons.